The molecule has 180 valence electrons. The summed E-state index contributed by atoms with van der Waals surface area (Å²) in [7, 11) is 1.71. The number of amides is 2. The van der Waals surface area contributed by atoms with Crippen molar-refractivity contribution in [2.75, 3.05) is 20.2 Å². The van der Waals surface area contributed by atoms with Gasteiger partial charge in [-0.2, -0.15) is 0 Å². The van der Waals surface area contributed by atoms with E-state index in [2.05, 4.69) is 24.4 Å². The molecule has 0 radical (unpaired) electrons. The van der Waals surface area contributed by atoms with E-state index in [4.69, 9.17) is 9.84 Å². The van der Waals surface area contributed by atoms with Gasteiger partial charge >= 0.3 is 12.1 Å². The van der Waals surface area contributed by atoms with Gasteiger partial charge in [0.05, 0.1) is 0 Å². The van der Waals surface area contributed by atoms with Crippen LogP contribution >= 0.6 is 0 Å². The molecule has 0 aliphatic heterocycles. The van der Waals surface area contributed by atoms with Gasteiger partial charge in [0.15, 0.2) is 0 Å². The van der Waals surface area contributed by atoms with Crippen molar-refractivity contribution in [3.8, 4) is 11.1 Å². The fourth-order valence-corrected chi connectivity index (χ4v) is 5.27. The Labute approximate surface area is 200 Å². The van der Waals surface area contributed by atoms with Gasteiger partial charge < -0.3 is 20.1 Å². The van der Waals surface area contributed by atoms with Crippen molar-refractivity contribution in [1.29, 1.82) is 0 Å². The zero-order chi connectivity index (χ0) is 24.2. The van der Waals surface area contributed by atoms with Gasteiger partial charge in [0, 0.05) is 25.9 Å². The number of fused-ring (bicyclic) bond motifs is 3. The molecule has 0 heterocycles. The predicted octanol–water partition coefficient (Wildman–Crippen LogP) is 4.26. The van der Waals surface area contributed by atoms with Crippen LogP contribution in [0.2, 0.25) is 0 Å². The first-order valence-corrected chi connectivity index (χ1v) is 11.9. The van der Waals surface area contributed by atoms with Crippen LogP contribution in [-0.4, -0.2) is 54.2 Å². The van der Waals surface area contributed by atoms with Gasteiger partial charge in [-0.15, -0.1) is 0 Å². The minimum absolute atomic E-state index is 0.0176. The molecule has 0 saturated heterocycles. The molecule has 2 aromatic rings. The van der Waals surface area contributed by atoms with E-state index >= 15 is 0 Å². The number of likely N-dealkylation sites (N-methyl/N-ethyl adjacent to an activating group) is 1. The van der Waals surface area contributed by atoms with Crippen LogP contribution in [0.15, 0.2) is 48.5 Å². The van der Waals surface area contributed by atoms with E-state index in [1.165, 1.54) is 0 Å². The number of nitrogens with zero attached hydrogens (tertiary/aromatic N) is 1. The van der Waals surface area contributed by atoms with Crippen molar-refractivity contribution in [2.45, 2.75) is 44.6 Å². The van der Waals surface area contributed by atoms with E-state index in [9.17, 15) is 14.4 Å². The van der Waals surface area contributed by atoms with Crippen LogP contribution in [0.25, 0.3) is 11.1 Å². The lowest BCUT2D eigenvalue weighted by Crippen LogP contribution is -2.49. The Kier molecular flexibility index (Phi) is 7.20. The van der Waals surface area contributed by atoms with Crippen molar-refractivity contribution in [3.05, 3.63) is 59.7 Å². The second kappa shape index (κ2) is 10.3. The second-order valence-corrected chi connectivity index (χ2v) is 9.62. The monoisotopic (exact) mass is 464 g/mol. The number of ether oxygens (including phenoxy) is 1. The van der Waals surface area contributed by atoms with Gasteiger partial charge in [0.25, 0.3) is 0 Å². The van der Waals surface area contributed by atoms with Crippen LogP contribution in [0.1, 0.15) is 49.7 Å². The molecule has 34 heavy (non-hydrogen) atoms. The molecule has 0 aromatic heterocycles. The standard InChI is InChI=1S/C27H32N2O5/c1-17-13-18(14-17)15-29(2)26(32)24(11-12-25(30)31)28-27(33)34-16-23-21-9-5-3-7-19(21)20-8-4-6-10-22(20)23/h3-10,17-18,23-24H,11-16H2,1-2H3,(H,28,33)(H,30,31). The lowest BCUT2D eigenvalue weighted by atomic mass is 9.76. The largest absolute Gasteiger partial charge is 0.481 e. The molecule has 7 heteroatoms. The molecule has 4 rings (SSSR count). The van der Waals surface area contributed by atoms with Crippen LogP contribution < -0.4 is 5.32 Å². The third-order valence-electron chi connectivity index (χ3n) is 6.96. The molecule has 0 spiro atoms. The first-order valence-electron chi connectivity index (χ1n) is 11.9. The van der Waals surface area contributed by atoms with Crippen LogP contribution in [0.3, 0.4) is 0 Å². The number of hydrogen-bond acceptors (Lipinski definition) is 4. The van der Waals surface area contributed by atoms with Crippen LogP contribution in [-0.2, 0) is 14.3 Å². The minimum Gasteiger partial charge on any atom is -0.481 e. The van der Waals surface area contributed by atoms with Gasteiger partial charge in [0.1, 0.15) is 12.6 Å². The summed E-state index contributed by atoms with van der Waals surface area (Å²) < 4.78 is 5.57. The topological polar surface area (TPSA) is 95.9 Å². The number of rotatable bonds is 9. The third-order valence-corrected chi connectivity index (χ3v) is 6.96. The average molecular weight is 465 g/mol. The van der Waals surface area contributed by atoms with Crippen LogP contribution in [0, 0.1) is 11.8 Å². The summed E-state index contributed by atoms with van der Waals surface area (Å²) in [5, 5.41) is 11.7. The maximum absolute atomic E-state index is 13.0. The molecule has 2 aromatic carbocycles. The number of carboxylic acids is 1. The SMILES string of the molecule is CC1CC(CN(C)C(=O)C(CCC(=O)O)NC(=O)OCC2c3ccccc3-c3ccccc32)C1. The number of hydrogen-bond donors (Lipinski definition) is 2. The molecule has 2 aliphatic rings. The molecule has 2 N–H and O–H groups in total. The Morgan fingerprint density at radius 2 is 1.65 bits per heavy atom. The van der Waals surface area contributed by atoms with Gasteiger partial charge in [-0.3, -0.25) is 9.59 Å². The summed E-state index contributed by atoms with van der Waals surface area (Å²) in [6.45, 7) is 2.93. The summed E-state index contributed by atoms with van der Waals surface area (Å²) in [5.41, 5.74) is 4.47. The Bertz CT molecular complexity index is 1020. The highest BCUT2D eigenvalue weighted by Crippen LogP contribution is 2.44. The van der Waals surface area contributed by atoms with E-state index in [0.29, 0.717) is 18.4 Å². The van der Waals surface area contributed by atoms with E-state index in [1.807, 2.05) is 36.4 Å². The van der Waals surface area contributed by atoms with Crippen LogP contribution in [0.4, 0.5) is 4.79 Å². The number of carbonyl (C=O) groups excluding carboxylic acids is 2. The average Bonchev–Trinajstić information content (AvgIpc) is 3.12. The molecule has 2 amide bonds. The smallest absolute Gasteiger partial charge is 0.407 e. The van der Waals surface area contributed by atoms with E-state index in [0.717, 1.165) is 35.1 Å². The summed E-state index contributed by atoms with van der Waals surface area (Å²) in [6.07, 6.45) is 1.25. The lowest BCUT2D eigenvalue weighted by molar-refractivity contribution is -0.138. The lowest BCUT2D eigenvalue weighted by Gasteiger charge is -2.36. The van der Waals surface area contributed by atoms with Crippen molar-refractivity contribution >= 4 is 18.0 Å². The van der Waals surface area contributed by atoms with Gasteiger partial charge in [0.2, 0.25) is 5.91 Å². The maximum atomic E-state index is 13.0. The minimum atomic E-state index is -1.01. The predicted molar refractivity (Wildman–Crippen MR) is 128 cm³/mol. The molecule has 7 nitrogen and oxygen atoms in total. The highest BCUT2D eigenvalue weighted by molar-refractivity contribution is 5.86. The quantitative estimate of drug-likeness (QED) is 0.578. The summed E-state index contributed by atoms with van der Waals surface area (Å²) in [4.78, 5) is 38.4. The van der Waals surface area contributed by atoms with E-state index in [-0.39, 0.29) is 31.3 Å². The molecule has 1 saturated carbocycles. The normalized spacial score (nSPS) is 19.4. The fraction of sp³-hybridized carbons (Fsp3) is 0.444. The highest BCUT2D eigenvalue weighted by Gasteiger charge is 2.32. The molecule has 1 unspecified atom stereocenters. The molecule has 1 atom stereocenters. The van der Waals surface area contributed by atoms with Crippen molar-refractivity contribution in [2.24, 2.45) is 11.8 Å². The van der Waals surface area contributed by atoms with Gasteiger partial charge in [-0.1, -0.05) is 55.5 Å². The molecule has 0 bridgehead atoms. The first kappa shape index (κ1) is 23.8. The Morgan fingerprint density at radius 1 is 1.06 bits per heavy atom. The zero-order valence-electron chi connectivity index (χ0n) is 19.7. The zero-order valence-corrected chi connectivity index (χ0v) is 19.7. The van der Waals surface area contributed by atoms with Crippen LogP contribution in [0.5, 0.6) is 0 Å². The number of alkyl carbamates (subject to hydrolysis) is 1. The number of benzene rings is 2. The maximum Gasteiger partial charge on any atom is 0.407 e. The van der Waals surface area contributed by atoms with Crippen molar-refractivity contribution in [3.63, 3.8) is 0 Å². The second-order valence-electron chi connectivity index (χ2n) is 9.62. The van der Waals surface area contributed by atoms with Gasteiger partial charge in [-0.05, 0) is 53.4 Å². The number of nitrogens with one attached hydrogen (secondary N) is 1. The molecular weight excluding hydrogens is 432 g/mol. The Balaban J connectivity index is 1.39. The van der Waals surface area contributed by atoms with Crippen molar-refractivity contribution < 1.29 is 24.2 Å². The Hall–Kier alpha value is -3.35. The fourth-order valence-electron chi connectivity index (χ4n) is 5.27. The highest BCUT2D eigenvalue weighted by atomic mass is 16.5. The molecule has 2 aliphatic carbocycles. The molecule has 1 fully saturated rings. The third kappa shape index (κ3) is 5.24. The summed E-state index contributed by atoms with van der Waals surface area (Å²) >= 11 is 0. The summed E-state index contributed by atoms with van der Waals surface area (Å²) in [5.74, 6) is -0.250. The van der Waals surface area contributed by atoms with Gasteiger partial charge in [-0.25, -0.2) is 4.79 Å². The number of carbonyl (C=O) groups is 3. The van der Waals surface area contributed by atoms with E-state index in [1.54, 1.807) is 11.9 Å². The number of carboxylic acid groups (broad SMARTS) is 1. The first-order chi connectivity index (χ1) is 16.3. The van der Waals surface area contributed by atoms with E-state index < -0.39 is 18.1 Å². The Morgan fingerprint density at radius 3 is 2.21 bits per heavy atom. The van der Waals surface area contributed by atoms with Crippen molar-refractivity contribution in [1.82, 2.24) is 10.2 Å². The number of aliphatic carboxylic acids is 1. The molecular formula is C27H32N2O5. The summed E-state index contributed by atoms with van der Waals surface area (Å²) in [6, 6.07) is 15.2.